The van der Waals surface area contributed by atoms with Gasteiger partial charge in [-0.2, -0.15) is 0 Å². The first-order valence-corrected chi connectivity index (χ1v) is 8.27. The van der Waals surface area contributed by atoms with Gasteiger partial charge in [0.15, 0.2) is 0 Å². The van der Waals surface area contributed by atoms with Crippen molar-refractivity contribution in [2.45, 2.75) is 58.0 Å². The zero-order valence-corrected chi connectivity index (χ0v) is 13.7. The predicted molar refractivity (Wildman–Crippen MR) is 87.1 cm³/mol. The third-order valence-electron chi connectivity index (χ3n) is 4.80. The molecular weight excluding hydrogens is 263 g/mol. The van der Waals surface area contributed by atoms with Gasteiger partial charge in [0.25, 0.3) is 0 Å². The topological polar surface area (TPSA) is 15.3 Å². The van der Waals surface area contributed by atoms with Crippen molar-refractivity contribution in [3.63, 3.8) is 0 Å². The molecule has 1 aromatic carbocycles. The Kier molecular flexibility index (Phi) is 5.77. The van der Waals surface area contributed by atoms with Crippen LogP contribution in [0.4, 0.5) is 4.39 Å². The van der Waals surface area contributed by atoms with E-state index in [9.17, 15) is 4.39 Å². The fourth-order valence-corrected chi connectivity index (χ4v) is 3.29. The monoisotopic (exact) mass is 292 g/mol. The van der Waals surface area contributed by atoms with Crippen molar-refractivity contribution in [2.24, 2.45) is 0 Å². The van der Waals surface area contributed by atoms with Gasteiger partial charge in [0, 0.05) is 11.6 Å². The van der Waals surface area contributed by atoms with E-state index in [4.69, 9.17) is 0 Å². The highest BCUT2D eigenvalue weighted by atomic mass is 19.1. The minimum absolute atomic E-state index is 0.0496. The first kappa shape index (κ1) is 16.4. The maximum absolute atomic E-state index is 14.0. The first-order chi connectivity index (χ1) is 10.1. The van der Waals surface area contributed by atoms with Crippen molar-refractivity contribution in [2.75, 3.05) is 19.6 Å². The van der Waals surface area contributed by atoms with E-state index in [1.54, 1.807) is 12.1 Å². The fourth-order valence-electron chi connectivity index (χ4n) is 3.29. The van der Waals surface area contributed by atoms with Gasteiger partial charge in [0.1, 0.15) is 5.82 Å². The van der Waals surface area contributed by atoms with Crippen LogP contribution in [-0.4, -0.2) is 36.1 Å². The van der Waals surface area contributed by atoms with Gasteiger partial charge in [-0.25, -0.2) is 4.39 Å². The summed E-state index contributed by atoms with van der Waals surface area (Å²) in [5.74, 6) is -0.0852. The highest BCUT2D eigenvalue weighted by Gasteiger charge is 2.36. The molecule has 3 heteroatoms. The molecule has 0 aromatic heterocycles. The molecule has 1 aliphatic heterocycles. The van der Waals surface area contributed by atoms with E-state index in [0.29, 0.717) is 0 Å². The van der Waals surface area contributed by atoms with Gasteiger partial charge in [-0.3, -0.25) is 4.90 Å². The van der Waals surface area contributed by atoms with Gasteiger partial charge in [-0.05, 0) is 70.8 Å². The number of hydrogen-bond acceptors (Lipinski definition) is 2. The van der Waals surface area contributed by atoms with Gasteiger partial charge in [-0.1, -0.05) is 25.1 Å². The maximum Gasteiger partial charge on any atom is 0.126 e. The number of nitrogens with one attached hydrogen (secondary N) is 1. The van der Waals surface area contributed by atoms with E-state index in [1.807, 2.05) is 12.1 Å². The van der Waals surface area contributed by atoms with Gasteiger partial charge < -0.3 is 5.32 Å². The zero-order valence-electron chi connectivity index (χ0n) is 13.7. The van der Waals surface area contributed by atoms with Crippen LogP contribution < -0.4 is 5.32 Å². The molecule has 0 spiro atoms. The minimum atomic E-state index is -0.0852. The lowest BCUT2D eigenvalue weighted by atomic mass is 9.87. The molecule has 0 bridgehead atoms. The normalized spacial score (nSPS) is 18.1. The Morgan fingerprint density at radius 3 is 2.52 bits per heavy atom. The summed E-state index contributed by atoms with van der Waals surface area (Å²) in [4.78, 5) is 2.56. The lowest BCUT2D eigenvalue weighted by molar-refractivity contribution is 0.106. The van der Waals surface area contributed by atoms with Crippen LogP contribution in [-0.2, 0) is 6.42 Å². The molecule has 0 radical (unpaired) electrons. The summed E-state index contributed by atoms with van der Waals surface area (Å²) in [5.41, 5.74) is 0.867. The summed E-state index contributed by atoms with van der Waals surface area (Å²) in [6.45, 7) is 10.1. The lowest BCUT2D eigenvalue weighted by Gasteiger charge is -2.43. The van der Waals surface area contributed by atoms with E-state index >= 15 is 0 Å². The third-order valence-corrected chi connectivity index (χ3v) is 4.80. The van der Waals surface area contributed by atoms with Crippen LogP contribution in [0.25, 0.3) is 0 Å². The smallest absolute Gasteiger partial charge is 0.126 e. The highest BCUT2D eigenvalue weighted by Crippen LogP contribution is 2.27. The summed E-state index contributed by atoms with van der Waals surface area (Å²) in [7, 11) is 0. The number of hydrogen-bond donors (Lipinski definition) is 1. The average Bonchev–Trinajstić information content (AvgIpc) is 3.00. The van der Waals surface area contributed by atoms with Gasteiger partial charge in [0.2, 0.25) is 0 Å². The second-order valence-corrected chi connectivity index (χ2v) is 6.65. The van der Waals surface area contributed by atoms with Crippen LogP contribution in [0.5, 0.6) is 0 Å². The summed E-state index contributed by atoms with van der Waals surface area (Å²) in [5, 5.41) is 3.65. The molecule has 1 atom stereocenters. The largest absolute Gasteiger partial charge is 0.312 e. The van der Waals surface area contributed by atoms with Gasteiger partial charge >= 0.3 is 0 Å². The maximum atomic E-state index is 14.0. The Morgan fingerprint density at radius 2 is 1.90 bits per heavy atom. The van der Waals surface area contributed by atoms with E-state index < -0.39 is 0 Å². The molecule has 1 saturated heterocycles. The van der Waals surface area contributed by atoms with Crippen LogP contribution in [0.2, 0.25) is 0 Å². The van der Waals surface area contributed by atoms with Crippen molar-refractivity contribution in [3.8, 4) is 0 Å². The molecule has 1 aromatic rings. The van der Waals surface area contributed by atoms with Crippen molar-refractivity contribution in [1.29, 1.82) is 0 Å². The van der Waals surface area contributed by atoms with E-state index in [-0.39, 0.29) is 17.4 Å². The Balaban J connectivity index is 2.15. The number of nitrogens with zero attached hydrogens (tertiary/aromatic N) is 1. The fraction of sp³-hybridized carbons (Fsp3) is 0.667. The SMILES string of the molecule is CCCNC(Cc1ccccc1F)C(C)(C)N1CCCC1. The molecule has 1 unspecified atom stereocenters. The number of rotatable bonds is 7. The second kappa shape index (κ2) is 7.37. The number of likely N-dealkylation sites (tertiary alicyclic amines) is 1. The Labute approximate surface area is 128 Å². The molecule has 21 heavy (non-hydrogen) atoms. The van der Waals surface area contributed by atoms with Crippen molar-refractivity contribution in [1.82, 2.24) is 10.2 Å². The van der Waals surface area contributed by atoms with Crippen LogP contribution in [0.1, 0.15) is 45.6 Å². The van der Waals surface area contributed by atoms with Crippen LogP contribution >= 0.6 is 0 Å². The molecule has 1 aliphatic rings. The van der Waals surface area contributed by atoms with Crippen LogP contribution in [0.3, 0.4) is 0 Å². The van der Waals surface area contributed by atoms with Crippen molar-refractivity contribution < 1.29 is 4.39 Å². The molecule has 118 valence electrons. The zero-order chi connectivity index (χ0) is 15.3. The number of benzene rings is 1. The summed E-state index contributed by atoms with van der Waals surface area (Å²) < 4.78 is 14.0. The Hall–Kier alpha value is -0.930. The average molecular weight is 292 g/mol. The Morgan fingerprint density at radius 1 is 1.24 bits per heavy atom. The molecule has 1 fully saturated rings. The van der Waals surface area contributed by atoms with E-state index in [1.165, 1.54) is 12.8 Å². The van der Waals surface area contributed by atoms with Crippen LogP contribution in [0, 0.1) is 5.82 Å². The summed E-state index contributed by atoms with van der Waals surface area (Å²) >= 11 is 0. The molecule has 0 aliphatic carbocycles. The molecule has 1 heterocycles. The molecular formula is C18H29FN2. The quantitative estimate of drug-likeness (QED) is 0.826. The standard InChI is InChI=1S/C18H29FN2/c1-4-11-20-17(14-15-9-5-6-10-16(15)19)18(2,3)21-12-7-8-13-21/h5-6,9-10,17,20H,4,7-8,11-14H2,1-3H3. The third kappa shape index (κ3) is 4.04. The molecule has 2 rings (SSSR count). The van der Waals surface area contributed by atoms with Gasteiger partial charge in [0.05, 0.1) is 0 Å². The predicted octanol–water partition coefficient (Wildman–Crippen LogP) is 3.61. The summed E-state index contributed by atoms with van der Waals surface area (Å²) in [6, 6.07) is 7.44. The van der Waals surface area contributed by atoms with E-state index in [0.717, 1.165) is 38.0 Å². The Bertz CT molecular complexity index is 439. The van der Waals surface area contributed by atoms with Gasteiger partial charge in [-0.15, -0.1) is 0 Å². The molecule has 2 nitrogen and oxygen atoms in total. The van der Waals surface area contributed by atoms with Crippen molar-refractivity contribution in [3.05, 3.63) is 35.6 Å². The van der Waals surface area contributed by atoms with Crippen LogP contribution in [0.15, 0.2) is 24.3 Å². The molecule has 0 saturated carbocycles. The summed E-state index contributed by atoms with van der Waals surface area (Å²) in [6.07, 6.45) is 4.41. The minimum Gasteiger partial charge on any atom is -0.312 e. The highest BCUT2D eigenvalue weighted by molar-refractivity contribution is 5.19. The molecule has 1 N–H and O–H groups in total. The first-order valence-electron chi connectivity index (χ1n) is 8.27. The van der Waals surface area contributed by atoms with Crippen molar-refractivity contribution >= 4 is 0 Å². The lowest BCUT2D eigenvalue weighted by Crippen LogP contribution is -2.58. The van der Waals surface area contributed by atoms with E-state index in [2.05, 4.69) is 31.0 Å². The second-order valence-electron chi connectivity index (χ2n) is 6.65. The number of halogens is 1. The molecule has 0 amide bonds.